The molecule has 180 valence electrons. The van der Waals surface area contributed by atoms with E-state index in [9.17, 15) is 13.2 Å². The van der Waals surface area contributed by atoms with Gasteiger partial charge in [-0.05, 0) is 39.1 Å². The Balaban J connectivity index is 1.49. The van der Waals surface area contributed by atoms with Crippen molar-refractivity contribution in [3.05, 3.63) is 28.2 Å². The predicted octanol–water partition coefficient (Wildman–Crippen LogP) is 1.87. The minimum atomic E-state index is -3.85. The van der Waals surface area contributed by atoms with E-state index in [4.69, 9.17) is 27.9 Å². The minimum Gasteiger partial charge on any atom is -0.370 e. The second kappa shape index (κ2) is 11.5. The topological polar surface area (TPSA) is 73.4 Å². The molecule has 11 heteroatoms. The van der Waals surface area contributed by atoms with Gasteiger partial charge >= 0.3 is 0 Å². The summed E-state index contributed by atoms with van der Waals surface area (Å²) in [5.74, 6) is -0.0567. The number of halogens is 2. The van der Waals surface area contributed by atoms with Crippen LogP contribution in [-0.2, 0) is 19.6 Å². The van der Waals surface area contributed by atoms with Crippen molar-refractivity contribution in [1.82, 2.24) is 19.0 Å². The average Bonchev–Trinajstić information content (AvgIpc) is 3.22. The molecule has 1 aromatic carbocycles. The molecule has 2 aliphatic rings. The van der Waals surface area contributed by atoms with E-state index >= 15 is 0 Å². The zero-order valence-corrected chi connectivity index (χ0v) is 21.0. The van der Waals surface area contributed by atoms with Crippen LogP contribution >= 0.6 is 23.2 Å². The number of hydrogen-bond donors (Lipinski definition) is 0. The van der Waals surface area contributed by atoms with Gasteiger partial charge < -0.3 is 14.5 Å². The molecule has 2 aliphatic heterocycles. The highest BCUT2D eigenvalue weighted by Crippen LogP contribution is 2.34. The van der Waals surface area contributed by atoms with Crippen LogP contribution in [0.3, 0.4) is 0 Å². The molecule has 2 saturated heterocycles. The number of amides is 1. The van der Waals surface area contributed by atoms with Crippen molar-refractivity contribution in [3.8, 4) is 0 Å². The van der Waals surface area contributed by atoms with Crippen molar-refractivity contribution in [1.29, 1.82) is 0 Å². The lowest BCUT2D eigenvalue weighted by Crippen LogP contribution is -2.51. The summed E-state index contributed by atoms with van der Waals surface area (Å²) in [6.45, 7) is 5.56. The Morgan fingerprint density at radius 1 is 1.12 bits per heavy atom. The summed E-state index contributed by atoms with van der Waals surface area (Å²) in [5.41, 5.74) is 0. The standard InChI is InChI=1S/C21H32Cl2N4O4S/c1-24(2)9-10-25-11-13-26(14-12-25)20(28)16-31-15-17-5-4-8-27(17)32(29,30)21-18(22)6-3-7-19(21)23/h3,6-7,17H,4-5,8-16H2,1-2H3. The van der Waals surface area contributed by atoms with E-state index in [1.54, 1.807) is 6.07 Å². The zero-order chi connectivity index (χ0) is 23.3. The van der Waals surface area contributed by atoms with Crippen LogP contribution in [0, 0.1) is 0 Å². The molecule has 1 unspecified atom stereocenters. The van der Waals surface area contributed by atoms with Gasteiger partial charge in [-0.25, -0.2) is 8.42 Å². The van der Waals surface area contributed by atoms with E-state index in [0.29, 0.717) is 26.1 Å². The summed E-state index contributed by atoms with van der Waals surface area (Å²) in [5, 5.41) is 0.202. The first-order valence-electron chi connectivity index (χ1n) is 10.9. The molecule has 0 N–H and O–H groups in total. The summed E-state index contributed by atoms with van der Waals surface area (Å²) in [6, 6.07) is 4.30. The van der Waals surface area contributed by atoms with Crippen LogP contribution in [-0.4, -0.2) is 112 Å². The summed E-state index contributed by atoms with van der Waals surface area (Å²) in [6.07, 6.45) is 1.39. The van der Waals surface area contributed by atoms with Gasteiger partial charge in [-0.2, -0.15) is 4.31 Å². The second-order valence-electron chi connectivity index (χ2n) is 8.50. The maximum atomic E-state index is 13.2. The van der Waals surface area contributed by atoms with E-state index in [-0.39, 0.29) is 40.1 Å². The Morgan fingerprint density at radius 3 is 2.41 bits per heavy atom. The molecule has 1 amide bonds. The summed E-state index contributed by atoms with van der Waals surface area (Å²) < 4.78 is 33.4. The predicted molar refractivity (Wildman–Crippen MR) is 126 cm³/mol. The van der Waals surface area contributed by atoms with E-state index < -0.39 is 10.0 Å². The SMILES string of the molecule is CN(C)CCN1CCN(C(=O)COCC2CCCN2S(=O)(=O)c2c(Cl)cccc2Cl)CC1. The molecule has 0 bridgehead atoms. The number of hydrogen-bond acceptors (Lipinski definition) is 6. The van der Waals surface area contributed by atoms with Gasteiger partial charge in [0.15, 0.2) is 0 Å². The molecule has 3 rings (SSSR count). The largest absolute Gasteiger partial charge is 0.370 e. The number of nitrogens with zero attached hydrogens (tertiary/aromatic N) is 4. The number of piperazine rings is 1. The van der Waals surface area contributed by atoms with Crippen LogP contribution in [0.2, 0.25) is 10.0 Å². The molecule has 1 aromatic rings. The lowest BCUT2D eigenvalue weighted by Gasteiger charge is -2.35. The molecule has 0 aromatic heterocycles. The highest BCUT2D eigenvalue weighted by atomic mass is 35.5. The molecule has 1 atom stereocenters. The summed E-state index contributed by atoms with van der Waals surface area (Å²) in [4.78, 5) is 18.8. The van der Waals surface area contributed by atoms with Crippen molar-refractivity contribution in [3.63, 3.8) is 0 Å². The van der Waals surface area contributed by atoms with E-state index in [0.717, 1.165) is 32.6 Å². The maximum Gasteiger partial charge on any atom is 0.248 e. The maximum absolute atomic E-state index is 13.2. The molecule has 0 saturated carbocycles. The fourth-order valence-corrected chi connectivity index (χ4v) is 6.85. The van der Waals surface area contributed by atoms with Crippen molar-refractivity contribution in [2.24, 2.45) is 0 Å². The van der Waals surface area contributed by atoms with Crippen molar-refractivity contribution >= 4 is 39.1 Å². The Bertz CT molecular complexity index is 872. The number of likely N-dealkylation sites (N-methyl/N-ethyl adjacent to an activating group) is 1. The molecular formula is C21H32Cl2N4O4S. The fraction of sp³-hybridized carbons (Fsp3) is 0.667. The fourth-order valence-electron chi connectivity index (χ4n) is 4.07. The Morgan fingerprint density at radius 2 is 1.78 bits per heavy atom. The van der Waals surface area contributed by atoms with E-state index in [1.807, 2.05) is 4.90 Å². The Labute approximate surface area is 201 Å². The third-order valence-electron chi connectivity index (χ3n) is 5.93. The normalized spacial score (nSPS) is 20.9. The van der Waals surface area contributed by atoms with Gasteiger partial charge in [-0.15, -0.1) is 0 Å². The van der Waals surface area contributed by atoms with Gasteiger partial charge in [-0.1, -0.05) is 29.3 Å². The van der Waals surface area contributed by atoms with Crippen molar-refractivity contribution in [2.75, 3.05) is 73.1 Å². The van der Waals surface area contributed by atoms with E-state index in [2.05, 4.69) is 23.9 Å². The number of ether oxygens (including phenoxy) is 1. The highest BCUT2D eigenvalue weighted by Gasteiger charge is 2.37. The van der Waals surface area contributed by atoms with Gasteiger partial charge in [0, 0.05) is 51.9 Å². The van der Waals surface area contributed by atoms with Gasteiger partial charge in [0.25, 0.3) is 0 Å². The van der Waals surface area contributed by atoms with Crippen LogP contribution in [0.4, 0.5) is 0 Å². The number of carbonyl (C=O) groups excluding carboxylic acids is 1. The molecule has 0 spiro atoms. The molecule has 2 fully saturated rings. The monoisotopic (exact) mass is 506 g/mol. The first-order valence-corrected chi connectivity index (χ1v) is 13.1. The number of sulfonamides is 1. The molecule has 8 nitrogen and oxygen atoms in total. The molecule has 0 aliphatic carbocycles. The molecule has 0 radical (unpaired) electrons. The number of benzene rings is 1. The van der Waals surface area contributed by atoms with Crippen LogP contribution in [0.15, 0.2) is 23.1 Å². The first-order chi connectivity index (χ1) is 15.2. The second-order valence-corrected chi connectivity index (χ2v) is 11.1. The zero-order valence-electron chi connectivity index (χ0n) is 18.7. The molecule has 32 heavy (non-hydrogen) atoms. The van der Waals surface area contributed by atoms with Gasteiger partial charge in [0.2, 0.25) is 15.9 Å². The van der Waals surface area contributed by atoms with Crippen molar-refractivity contribution < 1.29 is 17.9 Å². The molecule has 2 heterocycles. The third kappa shape index (κ3) is 6.34. The summed E-state index contributed by atoms with van der Waals surface area (Å²) >= 11 is 12.3. The lowest BCUT2D eigenvalue weighted by atomic mass is 10.2. The smallest absolute Gasteiger partial charge is 0.248 e. The van der Waals surface area contributed by atoms with Gasteiger partial charge in [-0.3, -0.25) is 9.69 Å². The quantitative estimate of drug-likeness (QED) is 0.508. The van der Waals surface area contributed by atoms with Crippen LogP contribution in [0.25, 0.3) is 0 Å². The lowest BCUT2D eigenvalue weighted by molar-refractivity contribution is -0.138. The first kappa shape index (κ1) is 25.7. The van der Waals surface area contributed by atoms with Crippen molar-refractivity contribution in [2.45, 2.75) is 23.8 Å². The van der Waals surface area contributed by atoms with Gasteiger partial charge in [0.05, 0.1) is 16.7 Å². The average molecular weight is 507 g/mol. The number of carbonyl (C=O) groups is 1. The molecular weight excluding hydrogens is 475 g/mol. The Hall–Kier alpha value is -0.940. The Kier molecular flexibility index (Phi) is 9.20. The highest BCUT2D eigenvalue weighted by molar-refractivity contribution is 7.89. The van der Waals surface area contributed by atoms with Gasteiger partial charge in [0.1, 0.15) is 11.5 Å². The summed E-state index contributed by atoms with van der Waals surface area (Å²) in [7, 11) is 0.252. The van der Waals surface area contributed by atoms with Crippen LogP contribution in [0.1, 0.15) is 12.8 Å². The van der Waals surface area contributed by atoms with E-state index in [1.165, 1.54) is 16.4 Å². The van der Waals surface area contributed by atoms with Crippen LogP contribution < -0.4 is 0 Å². The number of rotatable bonds is 9. The third-order valence-corrected chi connectivity index (χ3v) is 8.84. The minimum absolute atomic E-state index is 0.0467. The van der Waals surface area contributed by atoms with Crippen LogP contribution in [0.5, 0.6) is 0 Å².